The minimum Gasteiger partial charge on any atom is -0.354 e. The minimum absolute atomic E-state index is 0.0114. The standard InChI is InChI=1S/C12H26N4O2/c1-9(2)8-15-11(17)10(3)13-6-7-14-12(18)16(4)5/h9-10,13H,6-8H2,1-5H3,(H,14,18)(H,15,17). The molecule has 0 aliphatic carbocycles. The molecule has 0 rings (SSSR count). The maximum absolute atomic E-state index is 11.6. The summed E-state index contributed by atoms with van der Waals surface area (Å²) in [6.45, 7) is 7.66. The lowest BCUT2D eigenvalue weighted by Gasteiger charge is -2.16. The van der Waals surface area contributed by atoms with Gasteiger partial charge in [0.05, 0.1) is 6.04 Å². The second-order valence-electron chi connectivity index (χ2n) is 4.94. The van der Waals surface area contributed by atoms with E-state index in [-0.39, 0.29) is 18.0 Å². The van der Waals surface area contributed by atoms with Crippen LogP contribution in [0.25, 0.3) is 0 Å². The third-order valence-corrected chi connectivity index (χ3v) is 2.34. The van der Waals surface area contributed by atoms with Crippen LogP contribution in [0.1, 0.15) is 20.8 Å². The fraction of sp³-hybridized carbons (Fsp3) is 0.833. The monoisotopic (exact) mass is 258 g/mol. The van der Waals surface area contributed by atoms with E-state index in [9.17, 15) is 9.59 Å². The van der Waals surface area contributed by atoms with Gasteiger partial charge in [0, 0.05) is 33.7 Å². The summed E-state index contributed by atoms with van der Waals surface area (Å²) in [6.07, 6.45) is 0. The van der Waals surface area contributed by atoms with Gasteiger partial charge in [0.25, 0.3) is 0 Å². The summed E-state index contributed by atoms with van der Waals surface area (Å²) in [6, 6.07) is -0.381. The van der Waals surface area contributed by atoms with Crippen molar-refractivity contribution in [3.8, 4) is 0 Å². The van der Waals surface area contributed by atoms with Gasteiger partial charge in [-0.2, -0.15) is 0 Å². The quantitative estimate of drug-likeness (QED) is 0.563. The van der Waals surface area contributed by atoms with Crippen molar-refractivity contribution in [1.82, 2.24) is 20.9 Å². The lowest BCUT2D eigenvalue weighted by molar-refractivity contribution is -0.122. The Hall–Kier alpha value is -1.30. The van der Waals surface area contributed by atoms with Gasteiger partial charge in [-0.1, -0.05) is 13.8 Å². The highest BCUT2D eigenvalue weighted by Gasteiger charge is 2.11. The van der Waals surface area contributed by atoms with Crippen molar-refractivity contribution < 1.29 is 9.59 Å². The zero-order chi connectivity index (χ0) is 14.1. The Morgan fingerprint density at radius 2 is 1.67 bits per heavy atom. The summed E-state index contributed by atoms with van der Waals surface area (Å²) in [5, 5.41) is 8.63. The molecular formula is C12H26N4O2. The van der Waals surface area contributed by atoms with E-state index in [4.69, 9.17) is 0 Å². The zero-order valence-electron chi connectivity index (χ0n) is 12.0. The summed E-state index contributed by atoms with van der Waals surface area (Å²) >= 11 is 0. The first kappa shape index (κ1) is 16.7. The fourth-order valence-corrected chi connectivity index (χ4v) is 1.17. The van der Waals surface area contributed by atoms with Crippen molar-refractivity contribution in [2.45, 2.75) is 26.8 Å². The van der Waals surface area contributed by atoms with Crippen LogP contribution >= 0.6 is 0 Å². The van der Waals surface area contributed by atoms with Crippen LogP contribution in [0, 0.1) is 5.92 Å². The van der Waals surface area contributed by atoms with Gasteiger partial charge in [-0.05, 0) is 12.8 Å². The van der Waals surface area contributed by atoms with Gasteiger partial charge < -0.3 is 20.9 Å². The highest BCUT2D eigenvalue weighted by atomic mass is 16.2. The number of carbonyl (C=O) groups excluding carboxylic acids is 2. The molecule has 3 amide bonds. The van der Waals surface area contributed by atoms with Crippen molar-refractivity contribution in [1.29, 1.82) is 0 Å². The molecule has 0 fully saturated rings. The fourth-order valence-electron chi connectivity index (χ4n) is 1.17. The SMILES string of the molecule is CC(C)CNC(=O)C(C)NCCNC(=O)N(C)C. The molecule has 0 aromatic carbocycles. The molecule has 3 N–H and O–H groups in total. The molecule has 0 saturated heterocycles. The van der Waals surface area contributed by atoms with Crippen molar-refractivity contribution in [3.05, 3.63) is 0 Å². The minimum atomic E-state index is -0.250. The van der Waals surface area contributed by atoms with E-state index in [2.05, 4.69) is 29.8 Å². The zero-order valence-corrected chi connectivity index (χ0v) is 12.0. The highest BCUT2D eigenvalue weighted by molar-refractivity contribution is 5.81. The van der Waals surface area contributed by atoms with Crippen LogP contribution in [0.2, 0.25) is 0 Å². The number of rotatable bonds is 7. The number of hydrogen-bond donors (Lipinski definition) is 3. The number of nitrogens with one attached hydrogen (secondary N) is 3. The van der Waals surface area contributed by atoms with Gasteiger partial charge >= 0.3 is 6.03 Å². The predicted molar refractivity (Wildman–Crippen MR) is 72.4 cm³/mol. The molecule has 6 nitrogen and oxygen atoms in total. The van der Waals surface area contributed by atoms with Crippen molar-refractivity contribution in [2.24, 2.45) is 5.92 Å². The van der Waals surface area contributed by atoms with Crippen molar-refractivity contribution >= 4 is 11.9 Å². The van der Waals surface area contributed by atoms with E-state index >= 15 is 0 Å². The highest BCUT2D eigenvalue weighted by Crippen LogP contribution is 1.88. The molecule has 0 aromatic rings. The summed E-state index contributed by atoms with van der Waals surface area (Å²) < 4.78 is 0. The summed E-state index contributed by atoms with van der Waals surface area (Å²) in [5.41, 5.74) is 0. The van der Waals surface area contributed by atoms with Gasteiger partial charge in [-0.25, -0.2) is 4.79 Å². The second kappa shape index (κ2) is 8.74. The summed E-state index contributed by atoms with van der Waals surface area (Å²) in [7, 11) is 3.37. The third kappa shape index (κ3) is 7.89. The number of amides is 3. The molecule has 0 spiro atoms. The summed E-state index contributed by atoms with van der Waals surface area (Å²) in [5.74, 6) is 0.433. The van der Waals surface area contributed by atoms with Crippen LogP contribution in [0.15, 0.2) is 0 Å². The van der Waals surface area contributed by atoms with Crippen molar-refractivity contribution in [3.63, 3.8) is 0 Å². The Balaban J connectivity index is 3.67. The predicted octanol–water partition coefficient (Wildman–Crippen LogP) is 0.00790. The maximum atomic E-state index is 11.6. The Bertz CT molecular complexity index is 267. The van der Waals surface area contributed by atoms with E-state index in [1.54, 1.807) is 14.1 Å². The van der Waals surface area contributed by atoms with Crippen molar-refractivity contribution in [2.75, 3.05) is 33.7 Å². The van der Waals surface area contributed by atoms with Crippen LogP contribution in [-0.2, 0) is 4.79 Å². The number of hydrogen-bond acceptors (Lipinski definition) is 3. The molecule has 1 unspecified atom stereocenters. The molecule has 0 aliphatic heterocycles. The van der Waals surface area contributed by atoms with Gasteiger partial charge in [-0.15, -0.1) is 0 Å². The lowest BCUT2D eigenvalue weighted by Crippen LogP contribution is -2.46. The lowest BCUT2D eigenvalue weighted by atomic mass is 10.2. The van der Waals surface area contributed by atoms with Crippen LogP contribution < -0.4 is 16.0 Å². The van der Waals surface area contributed by atoms with Crippen LogP contribution in [-0.4, -0.2) is 56.6 Å². The summed E-state index contributed by atoms with van der Waals surface area (Å²) in [4.78, 5) is 24.3. The van der Waals surface area contributed by atoms with E-state index in [0.29, 0.717) is 25.6 Å². The molecule has 0 aromatic heterocycles. The third-order valence-electron chi connectivity index (χ3n) is 2.34. The Morgan fingerprint density at radius 3 is 2.17 bits per heavy atom. The molecule has 6 heteroatoms. The number of nitrogens with zero attached hydrogens (tertiary/aromatic N) is 1. The van der Waals surface area contributed by atoms with Crippen LogP contribution in [0.5, 0.6) is 0 Å². The first-order valence-electron chi connectivity index (χ1n) is 6.30. The molecular weight excluding hydrogens is 232 g/mol. The molecule has 1 atom stereocenters. The second-order valence-corrected chi connectivity index (χ2v) is 4.94. The van der Waals surface area contributed by atoms with Gasteiger partial charge in [0.1, 0.15) is 0 Å². The van der Waals surface area contributed by atoms with Gasteiger partial charge in [-0.3, -0.25) is 4.79 Å². The smallest absolute Gasteiger partial charge is 0.316 e. The molecule has 0 aliphatic rings. The Kier molecular flexibility index (Phi) is 8.11. The van der Waals surface area contributed by atoms with Crippen LogP contribution in [0.4, 0.5) is 4.79 Å². The maximum Gasteiger partial charge on any atom is 0.316 e. The van der Waals surface area contributed by atoms with E-state index in [1.807, 2.05) is 6.92 Å². The first-order valence-corrected chi connectivity index (χ1v) is 6.30. The molecule has 0 heterocycles. The molecule has 106 valence electrons. The average Bonchev–Trinajstić information content (AvgIpc) is 2.30. The number of urea groups is 1. The van der Waals surface area contributed by atoms with Gasteiger partial charge in [0.15, 0.2) is 0 Å². The van der Waals surface area contributed by atoms with Crippen LogP contribution in [0.3, 0.4) is 0 Å². The average molecular weight is 258 g/mol. The normalized spacial score (nSPS) is 12.1. The van der Waals surface area contributed by atoms with E-state index < -0.39 is 0 Å². The van der Waals surface area contributed by atoms with Gasteiger partial charge in [0.2, 0.25) is 5.91 Å². The topological polar surface area (TPSA) is 73.5 Å². The molecule has 18 heavy (non-hydrogen) atoms. The Morgan fingerprint density at radius 1 is 1.06 bits per heavy atom. The molecule has 0 saturated carbocycles. The Labute approximate surface area is 109 Å². The first-order chi connectivity index (χ1) is 8.34. The number of carbonyl (C=O) groups is 2. The largest absolute Gasteiger partial charge is 0.354 e. The van der Waals surface area contributed by atoms with E-state index in [1.165, 1.54) is 4.90 Å². The molecule has 0 radical (unpaired) electrons. The van der Waals surface area contributed by atoms with E-state index in [0.717, 1.165) is 0 Å². The molecule has 0 bridgehead atoms.